The van der Waals surface area contributed by atoms with Gasteiger partial charge in [0.1, 0.15) is 12.3 Å². The van der Waals surface area contributed by atoms with Crippen molar-refractivity contribution in [3.63, 3.8) is 0 Å². The van der Waals surface area contributed by atoms with Gasteiger partial charge in [0, 0.05) is 6.54 Å². The van der Waals surface area contributed by atoms with Crippen LogP contribution in [0, 0.1) is 5.92 Å². The van der Waals surface area contributed by atoms with E-state index in [1.54, 1.807) is 12.1 Å². The van der Waals surface area contributed by atoms with Crippen LogP contribution in [0.25, 0.3) is 0 Å². The molecule has 100 valence electrons. The van der Waals surface area contributed by atoms with E-state index >= 15 is 0 Å². The summed E-state index contributed by atoms with van der Waals surface area (Å²) in [5, 5.41) is 11.4. The molecule has 0 aliphatic carbocycles. The molecule has 0 bridgehead atoms. The third-order valence-corrected chi connectivity index (χ3v) is 2.19. The Kier molecular flexibility index (Phi) is 5.23. The van der Waals surface area contributed by atoms with Crippen molar-refractivity contribution in [3.8, 4) is 0 Å². The fraction of sp³-hybridized carbons (Fsp3) is 0.500. The smallest absolute Gasteiger partial charge is 0.323 e. The highest BCUT2D eigenvalue weighted by Gasteiger charge is 2.17. The summed E-state index contributed by atoms with van der Waals surface area (Å²) in [5.41, 5.74) is 0. The summed E-state index contributed by atoms with van der Waals surface area (Å²) in [7, 11) is 0. The lowest BCUT2D eigenvalue weighted by Gasteiger charge is -2.22. The summed E-state index contributed by atoms with van der Waals surface area (Å²) in [5.74, 6) is -0.189. The minimum atomic E-state index is -1.02. The first-order chi connectivity index (χ1) is 8.49. The maximum Gasteiger partial charge on any atom is 0.323 e. The fourth-order valence-electron chi connectivity index (χ4n) is 1.51. The predicted molar refractivity (Wildman–Crippen MR) is 65.0 cm³/mol. The van der Waals surface area contributed by atoms with Crippen molar-refractivity contribution in [2.45, 2.75) is 20.4 Å². The number of amides is 2. The van der Waals surface area contributed by atoms with Gasteiger partial charge in [0.15, 0.2) is 0 Å². The second-order valence-corrected chi connectivity index (χ2v) is 4.41. The summed E-state index contributed by atoms with van der Waals surface area (Å²) in [6.07, 6.45) is 1.52. The Balaban J connectivity index is 2.50. The van der Waals surface area contributed by atoms with Gasteiger partial charge in [-0.3, -0.25) is 4.79 Å². The molecule has 1 aromatic rings. The molecule has 1 aromatic heterocycles. The van der Waals surface area contributed by atoms with Gasteiger partial charge in [0.2, 0.25) is 0 Å². The van der Waals surface area contributed by atoms with Gasteiger partial charge in [0.25, 0.3) is 0 Å². The summed E-state index contributed by atoms with van der Waals surface area (Å²) in [6.45, 7) is 4.20. The molecule has 1 heterocycles. The number of carbonyl (C=O) groups is 2. The number of hydrogen-bond acceptors (Lipinski definition) is 3. The van der Waals surface area contributed by atoms with Gasteiger partial charge in [-0.2, -0.15) is 0 Å². The molecule has 0 radical (unpaired) electrons. The molecule has 0 saturated carbocycles. The number of nitrogens with zero attached hydrogens (tertiary/aromatic N) is 1. The van der Waals surface area contributed by atoms with E-state index in [0.717, 1.165) is 0 Å². The lowest BCUT2D eigenvalue weighted by atomic mass is 10.2. The predicted octanol–water partition coefficient (Wildman–Crippen LogP) is 1.53. The Morgan fingerprint density at radius 3 is 2.72 bits per heavy atom. The van der Waals surface area contributed by atoms with Gasteiger partial charge < -0.3 is 19.7 Å². The molecule has 0 fully saturated rings. The number of carboxylic acids is 1. The maximum atomic E-state index is 11.8. The van der Waals surface area contributed by atoms with Crippen LogP contribution in [-0.2, 0) is 11.3 Å². The van der Waals surface area contributed by atoms with Crippen molar-refractivity contribution in [1.82, 2.24) is 10.2 Å². The van der Waals surface area contributed by atoms with Crippen LogP contribution in [-0.4, -0.2) is 35.1 Å². The number of carboxylic acid groups (broad SMARTS) is 1. The Labute approximate surface area is 106 Å². The quantitative estimate of drug-likeness (QED) is 0.806. The van der Waals surface area contributed by atoms with Gasteiger partial charge in [-0.25, -0.2) is 4.79 Å². The molecule has 0 aromatic carbocycles. The third-order valence-electron chi connectivity index (χ3n) is 2.19. The van der Waals surface area contributed by atoms with Gasteiger partial charge in [-0.1, -0.05) is 13.8 Å². The number of rotatable bonds is 6. The number of furan rings is 1. The normalized spacial score (nSPS) is 10.4. The van der Waals surface area contributed by atoms with Crippen LogP contribution < -0.4 is 5.32 Å². The van der Waals surface area contributed by atoms with Crippen molar-refractivity contribution in [2.24, 2.45) is 5.92 Å². The van der Waals surface area contributed by atoms with E-state index < -0.39 is 12.0 Å². The second-order valence-electron chi connectivity index (χ2n) is 4.41. The standard InChI is InChI=1S/C12H18N2O4/c1-9(2)7-14(8-11(15)16)12(17)13-6-10-4-3-5-18-10/h3-5,9H,6-8H2,1-2H3,(H,13,17)(H,15,16). The van der Waals surface area contributed by atoms with Crippen LogP contribution in [0.3, 0.4) is 0 Å². The van der Waals surface area contributed by atoms with Crippen LogP contribution in [0.5, 0.6) is 0 Å². The van der Waals surface area contributed by atoms with Crippen LogP contribution in [0.15, 0.2) is 22.8 Å². The van der Waals surface area contributed by atoms with E-state index in [-0.39, 0.29) is 19.0 Å². The lowest BCUT2D eigenvalue weighted by Crippen LogP contribution is -2.44. The molecule has 0 saturated heterocycles. The zero-order chi connectivity index (χ0) is 13.5. The molecule has 18 heavy (non-hydrogen) atoms. The van der Waals surface area contributed by atoms with Crippen LogP contribution in [0.2, 0.25) is 0 Å². The highest BCUT2D eigenvalue weighted by Crippen LogP contribution is 2.02. The molecule has 6 nitrogen and oxygen atoms in total. The number of hydrogen-bond donors (Lipinski definition) is 2. The number of urea groups is 1. The van der Waals surface area contributed by atoms with Gasteiger partial charge in [-0.05, 0) is 18.1 Å². The minimum Gasteiger partial charge on any atom is -0.480 e. The van der Waals surface area contributed by atoms with Gasteiger partial charge in [0.05, 0.1) is 12.8 Å². The Bertz CT molecular complexity index is 387. The SMILES string of the molecule is CC(C)CN(CC(=O)O)C(=O)NCc1ccco1. The summed E-state index contributed by atoms with van der Waals surface area (Å²) in [4.78, 5) is 23.8. The Hall–Kier alpha value is -1.98. The molecule has 2 amide bonds. The molecule has 0 aliphatic heterocycles. The fourth-order valence-corrected chi connectivity index (χ4v) is 1.51. The van der Waals surface area contributed by atoms with Gasteiger partial charge in [-0.15, -0.1) is 0 Å². The molecule has 2 N–H and O–H groups in total. The molecule has 0 unspecified atom stereocenters. The third kappa shape index (κ3) is 4.90. The molecule has 0 spiro atoms. The van der Waals surface area contributed by atoms with E-state index in [9.17, 15) is 9.59 Å². The molecule has 0 atom stereocenters. The van der Waals surface area contributed by atoms with Crippen molar-refractivity contribution >= 4 is 12.0 Å². The monoisotopic (exact) mass is 254 g/mol. The van der Waals surface area contributed by atoms with Crippen molar-refractivity contribution in [3.05, 3.63) is 24.2 Å². The molecular weight excluding hydrogens is 236 g/mol. The first kappa shape index (κ1) is 14.1. The van der Waals surface area contributed by atoms with E-state index in [1.807, 2.05) is 13.8 Å². The molecule has 0 aliphatic rings. The number of aliphatic carboxylic acids is 1. The average Bonchev–Trinajstić information content (AvgIpc) is 2.76. The maximum absolute atomic E-state index is 11.8. The summed E-state index contributed by atoms with van der Waals surface area (Å²) in [6, 6.07) is 3.07. The zero-order valence-electron chi connectivity index (χ0n) is 10.5. The summed E-state index contributed by atoms with van der Waals surface area (Å²) >= 11 is 0. The summed E-state index contributed by atoms with van der Waals surface area (Å²) < 4.78 is 5.08. The van der Waals surface area contributed by atoms with Crippen molar-refractivity contribution in [1.29, 1.82) is 0 Å². The van der Waals surface area contributed by atoms with Crippen molar-refractivity contribution < 1.29 is 19.1 Å². The van der Waals surface area contributed by atoms with E-state index in [1.165, 1.54) is 11.2 Å². The number of carbonyl (C=O) groups excluding carboxylic acids is 1. The topological polar surface area (TPSA) is 82.8 Å². The highest BCUT2D eigenvalue weighted by molar-refractivity contribution is 5.80. The van der Waals surface area contributed by atoms with Gasteiger partial charge >= 0.3 is 12.0 Å². The number of nitrogens with one attached hydrogen (secondary N) is 1. The zero-order valence-corrected chi connectivity index (χ0v) is 10.5. The van der Waals surface area contributed by atoms with Crippen LogP contribution in [0.4, 0.5) is 4.79 Å². The molecule has 1 rings (SSSR count). The average molecular weight is 254 g/mol. The molecular formula is C12H18N2O4. The Morgan fingerprint density at radius 1 is 1.50 bits per heavy atom. The van der Waals surface area contributed by atoms with E-state index in [0.29, 0.717) is 12.3 Å². The minimum absolute atomic E-state index is 0.207. The molecule has 6 heteroatoms. The lowest BCUT2D eigenvalue weighted by molar-refractivity contribution is -0.137. The van der Waals surface area contributed by atoms with Crippen LogP contribution >= 0.6 is 0 Å². The van der Waals surface area contributed by atoms with E-state index in [4.69, 9.17) is 9.52 Å². The van der Waals surface area contributed by atoms with Crippen LogP contribution in [0.1, 0.15) is 19.6 Å². The van der Waals surface area contributed by atoms with E-state index in [2.05, 4.69) is 5.32 Å². The first-order valence-corrected chi connectivity index (χ1v) is 5.76. The first-order valence-electron chi connectivity index (χ1n) is 5.76. The second kappa shape index (κ2) is 6.68. The highest BCUT2D eigenvalue weighted by atomic mass is 16.4. The van der Waals surface area contributed by atoms with Crippen molar-refractivity contribution in [2.75, 3.05) is 13.1 Å². The largest absolute Gasteiger partial charge is 0.480 e. The Morgan fingerprint density at radius 2 is 2.22 bits per heavy atom.